The van der Waals surface area contributed by atoms with Crippen LogP contribution in [-0.2, 0) is 10.2 Å². The van der Waals surface area contributed by atoms with Crippen molar-refractivity contribution < 1.29 is 4.79 Å². The number of carbonyl (C=O) groups is 1. The minimum Gasteiger partial charge on any atom is -0.354 e. The van der Waals surface area contributed by atoms with Gasteiger partial charge in [-0.2, -0.15) is 0 Å². The molecule has 2 rings (SSSR count). The van der Waals surface area contributed by atoms with Gasteiger partial charge in [0, 0.05) is 17.1 Å². The van der Waals surface area contributed by atoms with Crippen LogP contribution in [0, 0.1) is 0 Å². The molecular weight excluding hydrogens is 292 g/mol. The maximum absolute atomic E-state index is 12.3. The van der Waals surface area contributed by atoms with Gasteiger partial charge < -0.3 is 10.6 Å². The predicted octanol–water partition coefficient (Wildman–Crippen LogP) is 2.20. The zero-order chi connectivity index (χ0) is 13.2. The van der Waals surface area contributed by atoms with Gasteiger partial charge in [0.25, 0.3) is 0 Å². The highest BCUT2D eigenvalue weighted by Crippen LogP contribution is 2.48. The number of benzene rings is 1. The van der Waals surface area contributed by atoms with Crippen molar-refractivity contribution >= 4 is 21.8 Å². The zero-order valence-corrected chi connectivity index (χ0v) is 12.4. The Morgan fingerprint density at radius 3 is 2.78 bits per heavy atom. The molecular formula is C14H19BrN2O. The normalized spacial score (nSPS) is 18.2. The summed E-state index contributed by atoms with van der Waals surface area (Å²) in [5, 5.41) is 6.16. The van der Waals surface area contributed by atoms with Crippen molar-refractivity contribution in [2.75, 3.05) is 13.6 Å². The van der Waals surface area contributed by atoms with Crippen LogP contribution in [0.25, 0.3) is 0 Å². The van der Waals surface area contributed by atoms with E-state index in [-0.39, 0.29) is 11.3 Å². The monoisotopic (exact) mass is 310 g/mol. The van der Waals surface area contributed by atoms with E-state index in [1.54, 1.807) is 0 Å². The van der Waals surface area contributed by atoms with E-state index in [1.165, 1.54) is 0 Å². The smallest absolute Gasteiger partial charge is 0.230 e. The van der Waals surface area contributed by atoms with Gasteiger partial charge in [0.05, 0.1) is 5.41 Å². The summed E-state index contributed by atoms with van der Waals surface area (Å²) in [6.07, 6.45) is 1.90. The molecule has 1 amide bonds. The average molecular weight is 311 g/mol. The summed E-state index contributed by atoms with van der Waals surface area (Å²) in [5.74, 6) is 0.155. The molecule has 0 heterocycles. The average Bonchev–Trinajstić information content (AvgIpc) is 3.17. The van der Waals surface area contributed by atoms with Crippen LogP contribution in [0.15, 0.2) is 28.7 Å². The Morgan fingerprint density at radius 1 is 1.50 bits per heavy atom. The zero-order valence-electron chi connectivity index (χ0n) is 10.8. The maximum atomic E-state index is 12.3. The SMILES string of the molecule is CNC(C)CNC(=O)C1(c2cccc(Br)c2)CC1. The lowest BCUT2D eigenvalue weighted by Gasteiger charge is -2.18. The Hall–Kier alpha value is -0.870. The van der Waals surface area contributed by atoms with Gasteiger partial charge in [-0.25, -0.2) is 0 Å². The molecule has 1 aromatic rings. The maximum Gasteiger partial charge on any atom is 0.230 e. The van der Waals surface area contributed by atoms with E-state index in [0.717, 1.165) is 22.9 Å². The van der Waals surface area contributed by atoms with Gasteiger partial charge in [-0.3, -0.25) is 4.79 Å². The van der Waals surface area contributed by atoms with E-state index in [9.17, 15) is 4.79 Å². The third-order valence-electron chi connectivity index (χ3n) is 3.62. The van der Waals surface area contributed by atoms with Crippen molar-refractivity contribution in [3.05, 3.63) is 34.3 Å². The largest absolute Gasteiger partial charge is 0.354 e. The molecule has 3 nitrogen and oxygen atoms in total. The van der Waals surface area contributed by atoms with Crippen LogP contribution < -0.4 is 10.6 Å². The molecule has 0 radical (unpaired) electrons. The molecule has 0 bridgehead atoms. The van der Waals surface area contributed by atoms with Gasteiger partial charge in [-0.15, -0.1) is 0 Å². The molecule has 1 aliphatic rings. The molecule has 18 heavy (non-hydrogen) atoms. The summed E-state index contributed by atoms with van der Waals surface area (Å²) in [6.45, 7) is 2.73. The van der Waals surface area contributed by atoms with Crippen LogP contribution in [0.5, 0.6) is 0 Å². The second-order valence-electron chi connectivity index (χ2n) is 4.99. The van der Waals surface area contributed by atoms with Crippen molar-refractivity contribution in [1.82, 2.24) is 10.6 Å². The van der Waals surface area contributed by atoms with E-state index in [4.69, 9.17) is 0 Å². The van der Waals surface area contributed by atoms with Crippen molar-refractivity contribution in [2.24, 2.45) is 0 Å². The lowest BCUT2D eigenvalue weighted by molar-refractivity contribution is -0.123. The van der Waals surface area contributed by atoms with Crippen LogP contribution in [-0.4, -0.2) is 25.5 Å². The van der Waals surface area contributed by atoms with Crippen molar-refractivity contribution in [2.45, 2.75) is 31.2 Å². The number of rotatable bonds is 5. The van der Waals surface area contributed by atoms with Crippen LogP contribution in [0.1, 0.15) is 25.3 Å². The number of carbonyl (C=O) groups excluding carboxylic acids is 1. The quantitative estimate of drug-likeness (QED) is 0.875. The van der Waals surface area contributed by atoms with Crippen LogP contribution >= 0.6 is 15.9 Å². The van der Waals surface area contributed by atoms with Crippen molar-refractivity contribution in [3.8, 4) is 0 Å². The molecule has 1 unspecified atom stereocenters. The first-order chi connectivity index (χ1) is 8.58. The molecule has 0 aliphatic heterocycles. The molecule has 1 aliphatic carbocycles. The van der Waals surface area contributed by atoms with E-state index < -0.39 is 0 Å². The van der Waals surface area contributed by atoms with E-state index in [0.29, 0.717) is 12.6 Å². The Labute approximate surface area is 116 Å². The Morgan fingerprint density at radius 2 is 2.22 bits per heavy atom. The highest BCUT2D eigenvalue weighted by Gasteiger charge is 2.51. The summed E-state index contributed by atoms with van der Waals surface area (Å²) in [7, 11) is 1.90. The molecule has 0 aromatic heterocycles. The first-order valence-corrected chi connectivity index (χ1v) is 7.09. The van der Waals surface area contributed by atoms with E-state index in [2.05, 4.69) is 33.5 Å². The molecule has 1 fully saturated rings. The molecule has 2 N–H and O–H groups in total. The molecule has 98 valence electrons. The summed E-state index contributed by atoms with van der Waals surface area (Å²) in [6, 6.07) is 8.36. The van der Waals surface area contributed by atoms with Gasteiger partial charge >= 0.3 is 0 Å². The van der Waals surface area contributed by atoms with Crippen LogP contribution in [0.3, 0.4) is 0 Å². The number of halogens is 1. The highest BCUT2D eigenvalue weighted by atomic mass is 79.9. The lowest BCUT2D eigenvalue weighted by Crippen LogP contribution is -2.42. The Bertz CT molecular complexity index is 443. The fourth-order valence-electron chi connectivity index (χ4n) is 2.08. The third kappa shape index (κ3) is 2.75. The second kappa shape index (κ2) is 5.41. The standard InChI is InChI=1S/C14H19BrN2O/c1-10(16-2)9-17-13(18)14(6-7-14)11-4-3-5-12(15)8-11/h3-5,8,10,16H,6-7,9H2,1-2H3,(H,17,18). The fraction of sp³-hybridized carbons (Fsp3) is 0.500. The van der Waals surface area contributed by atoms with Crippen LogP contribution in [0.2, 0.25) is 0 Å². The molecule has 1 saturated carbocycles. The summed E-state index contributed by atoms with van der Waals surface area (Å²) >= 11 is 3.46. The topological polar surface area (TPSA) is 41.1 Å². The van der Waals surface area contributed by atoms with Gasteiger partial charge in [0.15, 0.2) is 0 Å². The van der Waals surface area contributed by atoms with Gasteiger partial charge in [-0.05, 0) is 44.5 Å². The van der Waals surface area contributed by atoms with Crippen molar-refractivity contribution in [1.29, 1.82) is 0 Å². The highest BCUT2D eigenvalue weighted by molar-refractivity contribution is 9.10. The van der Waals surface area contributed by atoms with Crippen LogP contribution in [0.4, 0.5) is 0 Å². The lowest BCUT2D eigenvalue weighted by atomic mass is 9.95. The minimum atomic E-state index is -0.281. The minimum absolute atomic E-state index is 0.155. The third-order valence-corrected chi connectivity index (χ3v) is 4.12. The molecule has 1 atom stereocenters. The van der Waals surface area contributed by atoms with Gasteiger partial charge in [0.1, 0.15) is 0 Å². The van der Waals surface area contributed by atoms with E-state index >= 15 is 0 Å². The number of likely N-dealkylation sites (N-methyl/N-ethyl adjacent to an activating group) is 1. The van der Waals surface area contributed by atoms with Gasteiger partial charge in [0.2, 0.25) is 5.91 Å². The number of hydrogen-bond donors (Lipinski definition) is 2. The molecule has 1 aromatic carbocycles. The predicted molar refractivity (Wildman–Crippen MR) is 76.6 cm³/mol. The number of hydrogen-bond acceptors (Lipinski definition) is 2. The summed E-state index contributed by atoms with van der Waals surface area (Å²) in [5.41, 5.74) is 0.837. The first-order valence-electron chi connectivity index (χ1n) is 6.30. The van der Waals surface area contributed by atoms with E-state index in [1.807, 2.05) is 31.3 Å². The molecule has 0 saturated heterocycles. The number of nitrogens with one attached hydrogen (secondary N) is 2. The summed E-state index contributed by atoms with van der Waals surface area (Å²) < 4.78 is 1.03. The number of amides is 1. The Kier molecular flexibility index (Phi) is 4.07. The van der Waals surface area contributed by atoms with Crippen molar-refractivity contribution in [3.63, 3.8) is 0 Å². The first kappa shape index (κ1) is 13.6. The molecule has 0 spiro atoms. The Balaban J connectivity index is 2.05. The summed E-state index contributed by atoms with van der Waals surface area (Å²) in [4.78, 5) is 12.3. The second-order valence-corrected chi connectivity index (χ2v) is 5.91. The van der Waals surface area contributed by atoms with Gasteiger partial charge in [-0.1, -0.05) is 28.1 Å². The molecule has 4 heteroatoms. The fourth-order valence-corrected chi connectivity index (χ4v) is 2.47.